The minimum absolute atomic E-state index is 0.226. The van der Waals surface area contributed by atoms with Gasteiger partial charge in [-0.15, -0.1) is 5.10 Å². The molecule has 0 bridgehead atoms. The van der Waals surface area contributed by atoms with Crippen molar-refractivity contribution in [2.24, 2.45) is 0 Å². The molecule has 6 nitrogen and oxygen atoms in total. The average molecular weight is 296 g/mol. The number of nitriles is 1. The molecule has 1 aromatic heterocycles. The highest BCUT2D eigenvalue weighted by Gasteiger charge is 2.25. The third kappa shape index (κ3) is 2.58. The van der Waals surface area contributed by atoms with E-state index in [1.165, 1.54) is 18.6 Å². The van der Waals surface area contributed by atoms with Gasteiger partial charge < -0.3 is 5.11 Å². The van der Waals surface area contributed by atoms with Crippen LogP contribution in [0.3, 0.4) is 0 Å². The van der Waals surface area contributed by atoms with Crippen LogP contribution in [-0.4, -0.2) is 26.1 Å². The Bertz CT molecular complexity index is 722. The first kappa shape index (κ1) is 14.3. The molecule has 0 radical (unpaired) electrons. The SMILES string of the molecule is N#Cc1nnn(-c2ccc(C(=O)O)cc2)c1C1CCCCC1. The zero-order valence-electron chi connectivity index (χ0n) is 12.1. The van der Waals surface area contributed by atoms with E-state index in [1.54, 1.807) is 16.8 Å². The summed E-state index contributed by atoms with van der Waals surface area (Å²) in [7, 11) is 0. The van der Waals surface area contributed by atoms with Gasteiger partial charge in [0.15, 0.2) is 5.69 Å². The maximum absolute atomic E-state index is 10.9. The predicted octanol–water partition coefficient (Wildman–Crippen LogP) is 2.88. The normalized spacial score (nSPS) is 15.4. The molecular weight excluding hydrogens is 280 g/mol. The van der Waals surface area contributed by atoms with Gasteiger partial charge in [0.2, 0.25) is 0 Å². The molecule has 1 heterocycles. The van der Waals surface area contributed by atoms with Crippen molar-refractivity contribution in [1.82, 2.24) is 15.0 Å². The molecule has 1 aromatic carbocycles. The lowest BCUT2D eigenvalue weighted by molar-refractivity contribution is 0.0697. The molecule has 1 aliphatic carbocycles. The Kier molecular flexibility index (Phi) is 3.88. The summed E-state index contributed by atoms with van der Waals surface area (Å²) in [5, 5.41) is 26.3. The number of hydrogen-bond acceptors (Lipinski definition) is 4. The van der Waals surface area contributed by atoms with Crippen LogP contribution in [0, 0.1) is 11.3 Å². The van der Waals surface area contributed by atoms with Gasteiger partial charge in [-0.2, -0.15) is 5.26 Å². The van der Waals surface area contributed by atoms with Crippen molar-refractivity contribution in [2.75, 3.05) is 0 Å². The van der Waals surface area contributed by atoms with Crippen LogP contribution >= 0.6 is 0 Å². The summed E-state index contributed by atoms with van der Waals surface area (Å²) in [5.74, 6) is -0.673. The van der Waals surface area contributed by atoms with Crippen molar-refractivity contribution in [2.45, 2.75) is 38.0 Å². The maximum Gasteiger partial charge on any atom is 0.335 e. The third-order valence-corrected chi connectivity index (χ3v) is 4.16. The summed E-state index contributed by atoms with van der Waals surface area (Å²) < 4.78 is 1.68. The van der Waals surface area contributed by atoms with E-state index in [0.717, 1.165) is 37.1 Å². The van der Waals surface area contributed by atoms with Gasteiger partial charge in [0.05, 0.1) is 16.9 Å². The van der Waals surface area contributed by atoms with E-state index in [-0.39, 0.29) is 11.5 Å². The van der Waals surface area contributed by atoms with E-state index in [2.05, 4.69) is 16.4 Å². The van der Waals surface area contributed by atoms with Crippen LogP contribution in [0.25, 0.3) is 5.69 Å². The molecule has 0 amide bonds. The summed E-state index contributed by atoms with van der Waals surface area (Å²) in [6.07, 6.45) is 5.61. The first-order valence-electron chi connectivity index (χ1n) is 7.40. The van der Waals surface area contributed by atoms with Crippen LogP contribution in [0.2, 0.25) is 0 Å². The number of rotatable bonds is 3. The zero-order chi connectivity index (χ0) is 15.5. The fourth-order valence-electron chi connectivity index (χ4n) is 3.05. The quantitative estimate of drug-likeness (QED) is 0.940. The fraction of sp³-hybridized carbons (Fsp3) is 0.375. The predicted molar refractivity (Wildman–Crippen MR) is 78.9 cm³/mol. The van der Waals surface area contributed by atoms with Gasteiger partial charge in [-0.25, -0.2) is 9.48 Å². The number of carboxylic acid groups (broad SMARTS) is 1. The Balaban J connectivity index is 2.01. The molecule has 2 aromatic rings. The summed E-state index contributed by atoms with van der Waals surface area (Å²) in [6.45, 7) is 0. The smallest absolute Gasteiger partial charge is 0.335 e. The van der Waals surface area contributed by atoms with Gasteiger partial charge in [0.1, 0.15) is 6.07 Å². The van der Waals surface area contributed by atoms with E-state index < -0.39 is 5.97 Å². The largest absolute Gasteiger partial charge is 0.478 e. The molecule has 0 spiro atoms. The van der Waals surface area contributed by atoms with Gasteiger partial charge >= 0.3 is 5.97 Å². The molecule has 112 valence electrons. The van der Waals surface area contributed by atoms with E-state index in [0.29, 0.717) is 5.69 Å². The second-order valence-electron chi connectivity index (χ2n) is 5.53. The molecule has 0 atom stereocenters. The lowest BCUT2D eigenvalue weighted by Gasteiger charge is -2.22. The van der Waals surface area contributed by atoms with E-state index in [4.69, 9.17) is 5.11 Å². The number of nitrogens with zero attached hydrogens (tertiary/aromatic N) is 4. The van der Waals surface area contributed by atoms with Crippen LogP contribution in [0.1, 0.15) is 59.8 Å². The highest BCUT2D eigenvalue weighted by atomic mass is 16.4. The second kappa shape index (κ2) is 5.98. The van der Waals surface area contributed by atoms with Gasteiger partial charge in [0.25, 0.3) is 0 Å². The Morgan fingerprint density at radius 2 is 1.91 bits per heavy atom. The number of aromatic nitrogens is 3. The topological polar surface area (TPSA) is 91.8 Å². The van der Waals surface area contributed by atoms with E-state index >= 15 is 0 Å². The van der Waals surface area contributed by atoms with Crippen molar-refractivity contribution in [1.29, 1.82) is 5.26 Å². The average Bonchev–Trinajstić information content (AvgIpc) is 2.99. The summed E-state index contributed by atoms with van der Waals surface area (Å²) in [6, 6.07) is 8.60. The highest BCUT2D eigenvalue weighted by Crippen LogP contribution is 2.34. The standard InChI is InChI=1S/C16H16N4O2/c17-10-14-15(11-4-2-1-3-5-11)20(19-18-14)13-8-6-12(7-9-13)16(21)22/h6-9,11H,1-5H2,(H,21,22). The Labute approximate surface area is 128 Å². The lowest BCUT2D eigenvalue weighted by Crippen LogP contribution is -2.12. The molecule has 1 N–H and O–H groups in total. The van der Waals surface area contributed by atoms with Gasteiger partial charge in [-0.05, 0) is 37.1 Å². The lowest BCUT2D eigenvalue weighted by atomic mass is 9.86. The molecular formula is C16H16N4O2. The van der Waals surface area contributed by atoms with Crippen LogP contribution in [0.15, 0.2) is 24.3 Å². The Hall–Kier alpha value is -2.68. The highest BCUT2D eigenvalue weighted by molar-refractivity contribution is 5.87. The molecule has 1 aliphatic rings. The number of carboxylic acids is 1. The minimum atomic E-state index is -0.963. The van der Waals surface area contributed by atoms with Gasteiger partial charge in [0, 0.05) is 5.92 Å². The summed E-state index contributed by atoms with van der Waals surface area (Å²) in [5.41, 5.74) is 2.18. The molecule has 1 saturated carbocycles. The van der Waals surface area contributed by atoms with Crippen molar-refractivity contribution in [3.8, 4) is 11.8 Å². The molecule has 3 rings (SSSR count). The third-order valence-electron chi connectivity index (χ3n) is 4.16. The molecule has 0 saturated heterocycles. The number of aromatic carboxylic acids is 1. The Morgan fingerprint density at radius 1 is 1.23 bits per heavy atom. The maximum atomic E-state index is 10.9. The fourth-order valence-corrected chi connectivity index (χ4v) is 3.05. The number of benzene rings is 1. The van der Waals surface area contributed by atoms with E-state index in [9.17, 15) is 10.1 Å². The minimum Gasteiger partial charge on any atom is -0.478 e. The summed E-state index contributed by atoms with van der Waals surface area (Å²) in [4.78, 5) is 10.9. The van der Waals surface area contributed by atoms with Crippen LogP contribution in [0.4, 0.5) is 0 Å². The first-order valence-corrected chi connectivity index (χ1v) is 7.40. The van der Waals surface area contributed by atoms with Crippen LogP contribution in [0.5, 0.6) is 0 Å². The zero-order valence-corrected chi connectivity index (χ0v) is 12.1. The second-order valence-corrected chi connectivity index (χ2v) is 5.53. The van der Waals surface area contributed by atoms with E-state index in [1.807, 2.05) is 0 Å². The monoisotopic (exact) mass is 296 g/mol. The number of carbonyl (C=O) groups is 1. The van der Waals surface area contributed by atoms with Crippen molar-refractivity contribution in [3.05, 3.63) is 41.2 Å². The molecule has 0 aliphatic heterocycles. The molecule has 22 heavy (non-hydrogen) atoms. The van der Waals surface area contributed by atoms with Crippen molar-refractivity contribution < 1.29 is 9.90 Å². The van der Waals surface area contributed by atoms with Crippen LogP contribution in [-0.2, 0) is 0 Å². The number of hydrogen-bond donors (Lipinski definition) is 1. The molecule has 6 heteroatoms. The Morgan fingerprint density at radius 3 is 2.50 bits per heavy atom. The van der Waals surface area contributed by atoms with Crippen molar-refractivity contribution >= 4 is 5.97 Å². The van der Waals surface area contributed by atoms with Crippen molar-refractivity contribution in [3.63, 3.8) is 0 Å². The van der Waals surface area contributed by atoms with Gasteiger partial charge in [-0.1, -0.05) is 24.5 Å². The summed E-state index contributed by atoms with van der Waals surface area (Å²) >= 11 is 0. The van der Waals surface area contributed by atoms with Crippen LogP contribution < -0.4 is 0 Å². The molecule has 0 unspecified atom stereocenters. The van der Waals surface area contributed by atoms with Gasteiger partial charge in [-0.3, -0.25) is 0 Å². The first-order chi connectivity index (χ1) is 10.7. The molecule has 1 fully saturated rings.